The van der Waals surface area contributed by atoms with Crippen LogP contribution in [0, 0.1) is 15.9 Å². The molecule has 1 aromatic heterocycles. The predicted molar refractivity (Wildman–Crippen MR) is 165 cm³/mol. The molecule has 0 radical (unpaired) electrons. The van der Waals surface area contributed by atoms with E-state index in [0.717, 1.165) is 11.3 Å². The van der Waals surface area contributed by atoms with Crippen LogP contribution in [0.15, 0.2) is 86.2 Å². The lowest BCUT2D eigenvalue weighted by molar-refractivity contribution is -0.384. The molecular formula is C31H25BrFN3O7S. The molecule has 0 N–H and O–H groups in total. The van der Waals surface area contributed by atoms with Gasteiger partial charge in [0.1, 0.15) is 12.4 Å². The van der Waals surface area contributed by atoms with Gasteiger partial charge in [0.25, 0.3) is 11.2 Å². The Labute approximate surface area is 262 Å². The van der Waals surface area contributed by atoms with Crippen LogP contribution in [-0.2, 0) is 16.1 Å². The highest BCUT2D eigenvalue weighted by Crippen LogP contribution is 2.35. The van der Waals surface area contributed by atoms with Crippen molar-refractivity contribution >= 4 is 45.0 Å². The number of ether oxygens (including phenoxy) is 3. The Kier molecular flexibility index (Phi) is 9.06. The Morgan fingerprint density at radius 3 is 2.57 bits per heavy atom. The van der Waals surface area contributed by atoms with E-state index in [0.29, 0.717) is 47.7 Å². The van der Waals surface area contributed by atoms with Crippen molar-refractivity contribution in [2.75, 3.05) is 13.7 Å². The number of methoxy groups -OCH3 is 1. The first-order valence-corrected chi connectivity index (χ1v) is 14.9. The van der Waals surface area contributed by atoms with Gasteiger partial charge in [-0.05, 0) is 61.4 Å². The lowest BCUT2D eigenvalue weighted by Crippen LogP contribution is -2.39. The molecular weight excluding hydrogens is 657 g/mol. The number of fused-ring (bicyclic) bond motifs is 1. The number of aromatic nitrogens is 1. The molecule has 226 valence electrons. The fraction of sp³-hybridized carbons (Fsp3) is 0.194. The fourth-order valence-electron chi connectivity index (χ4n) is 4.73. The molecule has 0 bridgehead atoms. The number of hydrogen-bond acceptors (Lipinski definition) is 9. The van der Waals surface area contributed by atoms with Crippen LogP contribution in [0.3, 0.4) is 0 Å². The minimum absolute atomic E-state index is 0.0157. The van der Waals surface area contributed by atoms with Crippen LogP contribution in [0.2, 0.25) is 0 Å². The first-order chi connectivity index (χ1) is 21.1. The van der Waals surface area contributed by atoms with Crippen LogP contribution >= 0.6 is 27.3 Å². The number of allylic oxidation sites excluding steroid dienone is 1. The standard InChI is InChI=1S/C31H25BrFN3O7S/c1-4-42-30(38)27-17(2)34-31-35(28(27)18-9-11-21(12-10-18)36(39)40)29(37)26(44-31)14-20-13-24(41-3)25(15-22(20)32)43-16-19-7-5-6-8-23(19)33/h5-15,28H,4,16H2,1-3H3/b26-14+/t28-/m0/s1. The average Bonchev–Trinajstić information content (AvgIpc) is 3.31. The van der Waals surface area contributed by atoms with Crippen LogP contribution in [-0.4, -0.2) is 29.2 Å². The molecule has 10 nitrogen and oxygen atoms in total. The van der Waals surface area contributed by atoms with Gasteiger partial charge in [0, 0.05) is 22.2 Å². The number of rotatable bonds is 9. The number of thiazole rings is 1. The van der Waals surface area contributed by atoms with Crippen molar-refractivity contribution < 1.29 is 28.3 Å². The molecule has 0 amide bonds. The molecule has 44 heavy (non-hydrogen) atoms. The van der Waals surface area contributed by atoms with Gasteiger partial charge in [-0.3, -0.25) is 19.5 Å². The molecule has 1 atom stereocenters. The molecule has 3 aromatic carbocycles. The van der Waals surface area contributed by atoms with Gasteiger partial charge in [-0.25, -0.2) is 14.2 Å². The van der Waals surface area contributed by atoms with Crippen LogP contribution in [0.25, 0.3) is 6.08 Å². The van der Waals surface area contributed by atoms with Gasteiger partial charge in [0.2, 0.25) is 0 Å². The van der Waals surface area contributed by atoms with Gasteiger partial charge in [0.15, 0.2) is 16.3 Å². The van der Waals surface area contributed by atoms with E-state index < -0.39 is 22.5 Å². The Balaban J connectivity index is 1.59. The Hall–Kier alpha value is -4.62. The number of benzene rings is 3. The Bertz CT molecular complexity index is 1990. The molecule has 5 rings (SSSR count). The summed E-state index contributed by atoms with van der Waals surface area (Å²) in [5.74, 6) is -0.280. The normalized spacial score (nSPS) is 14.6. The predicted octanol–water partition coefficient (Wildman–Crippen LogP) is 5.20. The summed E-state index contributed by atoms with van der Waals surface area (Å²) in [7, 11) is 1.47. The minimum Gasteiger partial charge on any atom is -0.493 e. The SMILES string of the molecule is CCOC(=O)C1=C(C)N=c2s/c(=C/c3cc(OC)c(OCc4ccccc4F)cc3Br)c(=O)n2[C@H]1c1ccc([N+](=O)[O-])cc1. The number of hydrogen-bond donors (Lipinski definition) is 0. The summed E-state index contributed by atoms with van der Waals surface area (Å²) in [5.41, 5.74) is 1.46. The molecule has 0 saturated carbocycles. The van der Waals surface area contributed by atoms with Crippen molar-refractivity contribution in [2.24, 2.45) is 4.99 Å². The number of non-ortho nitro benzene ring substituents is 1. The second-order valence-corrected chi connectivity index (χ2v) is 11.4. The van der Waals surface area contributed by atoms with Crippen molar-refractivity contribution in [3.8, 4) is 11.5 Å². The van der Waals surface area contributed by atoms with E-state index in [1.54, 1.807) is 50.3 Å². The summed E-state index contributed by atoms with van der Waals surface area (Å²) in [6.07, 6.45) is 1.66. The van der Waals surface area contributed by atoms with Gasteiger partial charge >= 0.3 is 5.97 Å². The van der Waals surface area contributed by atoms with E-state index in [1.165, 1.54) is 42.0 Å². The zero-order valence-corrected chi connectivity index (χ0v) is 26.1. The Morgan fingerprint density at radius 1 is 1.18 bits per heavy atom. The summed E-state index contributed by atoms with van der Waals surface area (Å²) in [6.45, 7) is 3.43. The monoisotopic (exact) mass is 681 g/mol. The fourth-order valence-corrected chi connectivity index (χ4v) is 6.21. The maximum Gasteiger partial charge on any atom is 0.338 e. The van der Waals surface area contributed by atoms with E-state index in [1.807, 2.05) is 0 Å². The van der Waals surface area contributed by atoms with Crippen LogP contribution < -0.4 is 24.4 Å². The Morgan fingerprint density at radius 2 is 1.91 bits per heavy atom. The van der Waals surface area contributed by atoms with Crippen molar-refractivity contribution in [1.82, 2.24) is 4.57 Å². The zero-order valence-electron chi connectivity index (χ0n) is 23.7. The smallest absolute Gasteiger partial charge is 0.338 e. The van der Waals surface area contributed by atoms with Gasteiger partial charge in [-0.1, -0.05) is 45.5 Å². The van der Waals surface area contributed by atoms with Gasteiger partial charge < -0.3 is 14.2 Å². The lowest BCUT2D eigenvalue weighted by atomic mass is 9.95. The molecule has 0 saturated heterocycles. The average molecular weight is 683 g/mol. The third-order valence-electron chi connectivity index (χ3n) is 6.85. The summed E-state index contributed by atoms with van der Waals surface area (Å²) >= 11 is 4.66. The van der Waals surface area contributed by atoms with Crippen molar-refractivity contribution in [1.29, 1.82) is 0 Å². The first-order valence-electron chi connectivity index (χ1n) is 13.3. The van der Waals surface area contributed by atoms with Crippen molar-refractivity contribution in [2.45, 2.75) is 26.5 Å². The lowest BCUT2D eigenvalue weighted by Gasteiger charge is -2.24. The second kappa shape index (κ2) is 12.9. The van der Waals surface area contributed by atoms with E-state index in [4.69, 9.17) is 14.2 Å². The zero-order chi connectivity index (χ0) is 31.5. The summed E-state index contributed by atoms with van der Waals surface area (Å²) in [5, 5.41) is 11.3. The van der Waals surface area contributed by atoms with Crippen molar-refractivity contribution in [3.05, 3.63) is 129 Å². The van der Waals surface area contributed by atoms with Crippen LogP contribution in [0.4, 0.5) is 10.1 Å². The largest absolute Gasteiger partial charge is 0.493 e. The maximum atomic E-state index is 14.1. The van der Waals surface area contributed by atoms with E-state index in [-0.39, 0.29) is 30.3 Å². The first kappa shape index (κ1) is 30.8. The topological polar surface area (TPSA) is 122 Å². The molecule has 0 unspecified atom stereocenters. The van der Waals surface area contributed by atoms with Crippen LogP contribution in [0.1, 0.15) is 36.6 Å². The van der Waals surface area contributed by atoms with Gasteiger partial charge in [-0.2, -0.15) is 0 Å². The number of nitro groups is 1. The molecule has 2 heterocycles. The summed E-state index contributed by atoms with van der Waals surface area (Å²) in [4.78, 5) is 42.6. The molecule has 1 aliphatic rings. The van der Waals surface area contributed by atoms with Gasteiger partial charge in [0.05, 0.1) is 40.5 Å². The molecule has 0 aliphatic carbocycles. The number of halogens is 2. The molecule has 13 heteroatoms. The van der Waals surface area contributed by atoms with Gasteiger partial charge in [-0.15, -0.1) is 0 Å². The summed E-state index contributed by atoms with van der Waals surface area (Å²) < 4.78 is 33.1. The quantitative estimate of drug-likeness (QED) is 0.135. The third kappa shape index (κ3) is 6.06. The van der Waals surface area contributed by atoms with E-state index in [2.05, 4.69) is 20.9 Å². The highest BCUT2D eigenvalue weighted by molar-refractivity contribution is 9.10. The maximum absolute atomic E-state index is 14.1. The van der Waals surface area contributed by atoms with Crippen LogP contribution in [0.5, 0.6) is 11.5 Å². The second-order valence-electron chi connectivity index (χ2n) is 9.56. The molecule has 4 aromatic rings. The highest BCUT2D eigenvalue weighted by atomic mass is 79.9. The van der Waals surface area contributed by atoms with Crippen molar-refractivity contribution in [3.63, 3.8) is 0 Å². The highest BCUT2D eigenvalue weighted by Gasteiger charge is 2.33. The van der Waals surface area contributed by atoms with E-state index >= 15 is 0 Å². The summed E-state index contributed by atoms with van der Waals surface area (Å²) in [6, 6.07) is 14.4. The number of nitro benzene ring substituents is 1. The molecule has 0 fully saturated rings. The van der Waals surface area contributed by atoms with E-state index in [9.17, 15) is 24.1 Å². The molecule has 1 aliphatic heterocycles. The third-order valence-corrected chi connectivity index (χ3v) is 8.52. The number of nitrogens with zero attached hydrogens (tertiary/aromatic N) is 3. The minimum atomic E-state index is -0.916. The number of carbonyl (C=O) groups is 1. The molecule has 0 spiro atoms. The number of carbonyl (C=O) groups excluding carboxylic acids is 1. The number of esters is 1.